The van der Waals surface area contributed by atoms with Gasteiger partial charge in [-0.15, -0.1) is 0 Å². The summed E-state index contributed by atoms with van der Waals surface area (Å²) in [6.45, 7) is 0.344. The monoisotopic (exact) mass is 347 g/mol. The lowest BCUT2D eigenvalue weighted by Gasteiger charge is -2.26. The summed E-state index contributed by atoms with van der Waals surface area (Å²) in [5.41, 5.74) is 0.673. The Bertz CT molecular complexity index is 792. The zero-order chi connectivity index (χ0) is 18.0. The fraction of sp³-hybridized carbons (Fsp3) is 0.353. The highest BCUT2D eigenvalue weighted by Crippen LogP contribution is 2.37. The van der Waals surface area contributed by atoms with Crippen molar-refractivity contribution in [1.82, 2.24) is 14.7 Å². The molecule has 8 heteroatoms. The second kappa shape index (κ2) is 6.92. The van der Waals surface area contributed by atoms with Crippen molar-refractivity contribution in [1.29, 1.82) is 0 Å². The fourth-order valence-corrected chi connectivity index (χ4v) is 3.10. The van der Waals surface area contributed by atoms with Crippen molar-refractivity contribution in [2.75, 3.05) is 13.2 Å². The number of amides is 1. The first-order chi connectivity index (χ1) is 12.0. The summed E-state index contributed by atoms with van der Waals surface area (Å²) in [6.07, 6.45) is 3.22. The van der Waals surface area contributed by atoms with Crippen molar-refractivity contribution in [2.45, 2.75) is 12.5 Å². The summed E-state index contributed by atoms with van der Waals surface area (Å²) in [5, 5.41) is 13.5. The Kier molecular flexibility index (Phi) is 4.69. The predicted molar refractivity (Wildman–Crippen MR) is 85.3 cm³/mol. The van der Waals surface area contributed by atoms with E-state index >= 15 is 0 Å². The van der Waals surface area contributed by atoms with Crippen LogP contribution in [-0.4, -0.2) is 44.8 Å². The molecule has 1 aliphatic rings. The molecule has 2 atom stereocenters. The minimum Gasteiger partial charge on any atom is -0.492 e. The lowest BCUT2D eigenvalue weighted by Crippen LogP contribution is -2.33. The number of nitrogens with zero attached hydrogens (tertiary/aromatic N) is 3. The van der Waals surface area contributed by atoms with Crippen molar-refractivity contribution < 1.29 is 23.8 Å². The Labute approximate surface area is 143 Å². The number of carbonyl (C=O) groups is 2. The normalized spacial score (nSPS) is 20.1. The van der Waals surface area contributed by atoms with Crippen LogP contribution in [0.2, 0.25) is 0 Å². The third-order valence-electron chi connectivity index (χ3n) is 4.21. The van der Waals surface area contributed by atoms with E-state index in [0.29, 0.717) is 11.3 Å². The molecule has 2 aromatic rings. The van der Waals surface area contributed by atoms with Crippen LogP contribution in [0.4, 0.5) is 4.39 Å². The maximum atomic E-state index is 13.2. The summed E-state index contributed by atoms with van der Waals surface area (Å²) in [6, 6.07) is 5.13. The number of likely N-dealkylation sites (tertiary alicyclic amines) is 1. The molecule has 0 unspecified atom stereocenters. The van der Waals surface area contributed by atoms with Crippen LogP contribution in [0.5, 0.6) is 5.75 Å². The number of aromatic nitrogens is 2. The Balaban J connectivity index is 1.73. The van der Waals surface area contributed by atoms with Crippen LogP contribution in [0.3, 0.4) is 0 Å². The Morgan fingerprint density at radius 3 is 2.92 bits per heavy atom. The highest BCUT2D eigenvalue weighted by molar-refractivity contribution is 5.87. The van der Waals surface area contributed by atoms with Crippen LogP contribution in [0.1, 0.15) is 18.0 Å². The maximum absolute atomic E-state index is 13.2. The van der Waals surface area contributed by atoms with Crippen LogP contribution in [-0.2, 0) is 16.6 Å². The van der Waals surface area contributed by atoms with Gasteiger partial charge in [-0.05, 0) is 12.1 Å². The van der Waals surface area contributed by atoms with Gasteiger partial charge in [-0.1, -0.05) is 6.07 Å². The van der Waals surface area contributed by atoms with Gasteiger partial charge in [0.2, 0.25) is 5.91 Å². The number of hydrogen-bond acceptors (Lipinski definition) is 4. The van der Waals surface area contributed by atoms with Crippen LogP contribution >= 0.6 is 0 Å². The molecule has 1 amide bonds. The molecule has 0 radical (unpaired) electrons. The third kappa shape index (κ3) is 3.62. The maximum Gasteiger partial charge on any atom is 0.309 e. The molecule has 0 spiro atoms. The molecule has 25 heavy (non-hydrogen) atoms. The van der Waals surface area contributed by atoms with Crippen LogP contribution in [0, 0.1) is 11.7 Å². The average molecular weight is 347 g/mol. The van der Waals surface area contributed by atoms with Crippen LogP contribution in [0.15, 0.2) is 36.7 Å². The van der Waals surface area contributed by atoms with E-state index in [0.717, 1.165) is 0 Å². The molecule has 2 heterocycles. The minimum absolute atomic E-state index is 0.0607. The fourth-order valence-electron chi connectivity index (χ4n) is 3.10. The molecule has 1 aromatic carbocycles. The summed E-state index contributed by atoms with van der Waals surface area (Å²) >= 11 is 0. The van der Waals surface area contributed by atoms with Gasteiger partial charge in [0.05, 0.1) is 24.7 Å². The molecule has 0 aliphatic carbocycles. The van der Waals surface area contributed by atoms with Crippen LogP contribution in [0.25, 0.3) is 0 Å². The number of aryl methyl sites for hydroxylation is 1. The molecule has 0 saturated carbocycles. The first-order valence-corrected chi connectivity index (χ1v) is 7.85. The predicted octanol–water partition coefficient (Wildman–Crippen LogP) is 1.61. The molecule has 0 bridgehead atoms. The van der Waals surface area contributed by atoms with E-state index in [1.807, 2.05) is 0 Å². The molecule has 1 N–H and O–H groups in total. The molecule has 132 valence electrons. The van der Waals surface area contributed by atoms with Crippen LogP contribution < -0.4 is 4.74 Å². The van der Waals surface area contributed by atoms with Gasteiger partial charge in [0, 0.05) is 31.3 Å². The second-order valence-electron chi connectivity index (χ2n) is 5.93. The lowest BCUT2D eigenvalue weighted by atomic mass is 9.96. The third-order valence-corrected chi connectivity index (χ3v) is 4.21. The van der Waals surface area contributed by atoms with E-state index in [-0.39, 0.29) is 25.5 Å². The molecular formula is C17H18FN3O4. The number of carboxylic acids is 1. The largest absolute Gasteiger partial charge is 0.492 e. The first-order valence-electron chi connectivity index (χ1n) is 7.85. The molecule has 1 fully saturated rings. The standard InChI is InChI=1S/C17H18FN3O4/c1-20-10-11(9-19-20)16-14(17(23)24)8-15(22)21(16)5-6-25-13-4-2-3-12(18)7-13/h2-4,7,9-10,14,16H,5-6,8H2,1H3,(H,23,24)/t14-,16-/m1/s1. The topological polar surface area (TPSA) is 84.7 Å². The Hall–Kier alpha value is -2.90. The minimum atomic E-state index is -1.02. The second-order valence-corrected chi connectivity index (χ2v) is 5.93. The van der Waals surface area contributed by atoms with E-state index in [2.05, 4.69) is 5.10 Å². The lowest BCUT2D eigenvalue weighted by molar-refractivity contribution is -0.142. The smallest absolute Gasteiger partial charge is 0.309 e. The van der Waals surface area contributed by atoms with E-state index in [4.69, 9.17) is 4.74 Å². The van der Waals surface area contributed by atoms with Gasteiger partial charge in [-0.25, -0.2) is 4.39 Å². The molecule has 1 saturated heterocycles. The molecular weight excluding hydrogens is 329 g/mol. The molecule has 7 nitrogen and oxygen atoms in total. The zero-order valence-electron chi connectivity index (χ0n) is 13.6. The highest BCUT2D eigenvalue weighted by Gasteiger charge is 2.45. The van der Waals surface area contributed by atoms with Gasteiger partial charge in [0.1, 0.15) is 18.2 Å². The SMILES string of the molecule is Cn1cc([C@@H]2[C@H](C(=O)O)CC(=O)N2CCOc2cccc(F)c2)cn1. The number of ether oxygens (including phenoxy) is 1. The van der Waals surface area contributed by atoms with E-state index in [1.54, 1.807) is 30.2 Å². The summed E-state index contributed by atoms with van der Waals surface area (Å²) in [5.74, 6) is -2.14. The van der Waals surface area contributed by atoms with Gasteiger partial charge in [-0.2, -0.15) is 5.10 Å². The van der Waals surface area contributed by atoms with Gasteiger partial charge in [0.15, 0.2) is 0 Å². The Morgan fingerprint density at radius 1 is 1.48 bits per heavy atom. The number of carbonyl (C=O) groups excluding carboxylic acids is 1. The van der Waals surface area contributed by atoms with Crippen molar-refractivity contribution >= 4 is 11.9 Å². The number of carboxylic acid groups (broad SMARTS) is 1. The average Bonchev–Trinajstić information content (AvgIpc) is 3.11. The van der Waals surface area contributed by atoms with Gasteiger partial charge < -0.3 is 14.7 Å². The quantitative estimate of drug-likeness (QED) is 0.858. The van der Waals surface area contributed by atoms with Crippen molar-refractivity contribution in [3.8, 4) is 5.75 Å². The van der Waals surface area contributed by atoms with Crippen molar-refractivity contribution in [2.24, 2.45) is 13.0 Å². The number of halogens is 1. The van der Waals surface area contributed by atoms with Crippen molar-refractivity contribution in [3.05, 3.63) is 48.0 Å². The highest BCUT2D eigenvalue weighted by atomic mass is 19.1. The summed E-state index contributed by atoms with van der Waals surface area (Å²) in [7, 11) is 1.73. The molecule has 1 aliphatic heterocycles. The van der Waals surface area contributed by atoms with Gasteiger partial charge in [0.25, 0.3) is 0 Å². The number of aliphatic carboxylic acids is 1. The number of benzene rings is 1. The Morgan fingerprint density at radius 2 is 2.28 bits per heavy atom. The van der Waals surface area contributed by atoms with Crippen molar-refractivity contribution in [3.63, 3.8) is 0 Å². The van der Waals surface area contributed by atoms with E-state index < -0.39 is 23.7 Å². The summed E-state index contributed by atoms with van der Waals surface area (Å²) in [4.78, 5) is 25.3. The molecule has 3 rings (SSSR count). The van der Waals surface area contributed by atoms with E-state index in [1.165, 1.54) is 23.1 Å². The van der Waals surface area contributed by atoms with E-state index in [9.17, 15) is 19.1 Å². The van der Waals surface area contributed by atoms with Gasteiger partial charge in [-0.3, -0.25) is 14.3 Å². The summed E-state index contributed by atoms with van der Waals surface area (Å²) < 4.78 is 20.2. The first kappa shape index (κ1) is 16.9. The molecule has 1 aromatic heterocycles. The van der Waals surface area contributed by atoms with Gasteiger partial charge >= 0.3 is 5.97 Å². The number of rotatable bonds is 6. The number of hydrogen-bond donors (Lipinski definition) is 1. The zero-order valence-corrected chi connectivity index (χ0v) is 13.6.